The summed E-state index contributed by atoms with van der Waals surface area (Å²) in [5.74, 6) is -0.701. The highest BCUT2D eigenvalue weighted by molar-refractivity contribution is 7.99. The molecule has 0 atom stereocenters. The summed E-state index contributed by atoms with van der Waals surface area (Å²) in [5.41, 5.74) is 2.09. The van der Waals surface area contributed by atoms with E-state index in [1.54, 1.807) is 49.4 Å². The van der Waals surface area contributed by atoms with Crippen LogP contribution in [0.4, 0.5) is 10.1 Å². The van der Waals surface area contributed by atoms with Gasteiger partial charge in [-0.15, -0.1) is 0 Å². The van der Waals surface area contributed by atoms with Crippen LogP contribution in [0.5, 0.6) is 0 Å². The Morgan fingerprint density at radius 1 is 1.12 bits per heavy atom. The SMILES string of the molecule is Cc1ccc(NC(=O)CSc2nc3ccccc3c(=O)n2Cc2cccc(Cl)c2)cc1F. The van der Waals surface area contributed by atoms with Crippen LogP contribution in [0.25, 0.3) is 10.9 Å². The number of aromatic nitrogens is 2. The topological polar surface area (TPSA) is 64.0 Å². The lowest BCUT2D eigenvalue weighted by molar-refractivity contribution is -0.113. The van der Waals surface area contributed by atoms with Crippen LogP contribution in [0, 0.1) is 12.7 Å². The van der Waals surface area contributed by atoms with Crippen LogP contribution in [0.15, 0.2) is 76.7 Å². The molecular weight excluding hydrogens is 449 g/mol. The van der Waals surface area contributed by atoms with Crippen molar-refractivity contribution in [3.63, 3.8) is 0 Å². The summed E-state index contributed by atoms with van der Waals surface area (Å²) in [7, 11) is 0. The van der Waals surface area contributed by atoms with Gasteiger partial charge in [-0.05, 0) is 54.4 Å². The van der Waals surface area contributed by atoms with Gasteiger partial charge in [0.15, 0.2) is 5.16 Å². The zero-order valence-corrected chi connectivity index (χ0v) is 18.7. The van der Waals surface area contributed by atoms with Gasteiger partial charge in [0, 0.05) is 10.7 Å². The Labute approximate surface area is 193 Å². The maximum atomic E-state index is 13.7. The van der Waals surface area contributed by atoms with Gasteiger partial charge in [-0.3, -0.25) is 14.2 Å². The molecule has 4 aromatic rings. The first kappa shape index (κ1) is 22.0. The summed E-state index contributed by atoms with van der Waals surface area (Å²) in [6.07, 6.45) is 0. The van der Waals surface area contributed by atoms with E-state index in [1.807, 2.05) is 18.2 Å². The second kappa shape index (κ2) is 9.54. The summed E-state index contributed by atoms with van der Waals surface area (Å²) in [6, 6.07) is 18.9. The number of rotatable bonds is 6. The summed E-state index contributed by atoms with van der Waals surface area (Å²) in [4.78, 5) is 30.2. The van der Waals surface area contributed by atoms with Crippen molar-refractivity contribution in [2.45, 2.75) is 18.6 Å². The zero-order valence-electron chi connectivity index (χ0n) is 17.1. The van der Waals surface area contributed by atoms with Crippen LogP contribution in [0.3, 0.4) is 0 Å². The summed E-state index contributed by atoms with van der Waals surface area (Å²) in [5, 5.41) is 4.16. The lowest BCUT2D eigenvalue weighted by Crippen LogP contribution is -2.25. The molecule has 0 aliphatic heterocycles. The standard InChI is InChI=1S/C24H19ClFN3O2S/c1-15-9-10-18(12-20(15)26)27-22(30)14-32-24-28-21-8-3-2-7-19(21)23(31)29(24)13-16-5-4-6-17(25)11-16/h2-12H,13-14H2,1H3,(H,27,30). The van der Waals surface area contributed by atoms with E-state index in [0.717, 1.165) is 17.3 Å². The number of anilines is 1. The molecule has 162 valence electrons. The maximum absolute atomic E-state index is 13.7. The normalized spacial score (nSPS) is 11.0. The Bertz CT molecular complexity index is 1370. The Kier molecular flexibility index (Phi) is 6.58. The van der Waals surface area contributed by atoms with Crippen molar-refractivity contribution >= 4 is 45.9 Å². The highest BCUT2D eigenvalue weighted by Crippen LogP contribution is 2.21. The molecule has 4 rings (SSSR count). The monoisotopic (exact) mass is 467 g/mol. The second-order valence-electron chi connectivity index (χ2n) is 7.23. The van der Waals surface area contributed by atoms with E-state index in [0.29, 0.717) is 32.3 Å². The van der Waals surface area contributed by atoms with E-state index < -0.39 is 0 Å². The average molecular weight is 468 g/mol. The predicted molar refractivity (Wildman–Crippen MR) is 127 cm³/mol. The average Bonchev–Trinajstić information content (AvgIpc) is 2.77. The molecule has 0 fully saturated rings. The third-order valence-electron chi connectivity index (χ3n) is 4.84. The minimum absolute atomic E-state index is 0.00974. The molecule has 1 heterocycles. The molecule has 3 aromatic carbocycles. The van der Waals surface area contributed by atoms with Gasteiger partial charge in [-0.2, -0.15) is 0 Å². The van der Waals surface area contributed by atoms with E-state index in [1.165, 1.54) is 10.6 Å². The van der Waals surface area contributed by atoms with Crippen LogP contribution in [-0.2, 0) is 11.3 Å². The largest absolute Gasteiger partial charge is 0.325 e. The van der Waals surface area contributed by atoms with Crippen molar-refractivity contribution in [3.8, 4) is 0 Å². The molecule has 0 bridgehead atoms. The molecular formula is C24H19ClFN3O2S. The van der Waals surface area contributed by atoms with Crippen LogP contribution < -0.4 is 10.9 Å². The van der Waals surface area contributed by atoms with E-state index in [-0.39, 0.29) is 29.6 Å². The van der Waals surface area contributed by atoms with E-state index in [4.69, 9.17) is 11.6 Å². The molecule has 0 saturated carbocycles. The number of fused-ring (bicyclic) bond motifs is 1. The first-order valence-electron chi connectivity index (χ1n) is 9.83. The van der Waals surface area contributed by atoms with Crippen molar-refractivity contribution in [1.82, 2.24) is 9.55 Å². The van der Waals surface area contributed by atoms with Gasteiger partial charge in [0.2, 0.25) is 5.91 Å². The molecule has 0 radical (unpaired) electrons. The lowest BCUT2D eigenvalue weighted by atomic mass is 10.2. The van der Waals surface area contributed by atoms with Gasteiger partial charge in [-0.1, -0.05) is 53.7 Å². The van der Waals surface area contributed by atoms with Gasteiger partial charge in [0.25, 0.3) is 5.56 Å². The van der Waals surface area contributed by atoms with Crippen molar-refractivity contribution in [3.05, 3.63) is 99.1 Å². The molecule has 0 spiro atoms. The van der Waals surface area contributed by atoms with Crippen molar-refractivity contribution in [1.29, 1.82) is 0 Å². The molecule has 8 heteroatoms. The van der Waals surface area contributed by atoms with Gasteiger partial charge >= 0.3 is 0 Å². The number of halogens is 2. The number of carbonyl (C=O) groups excluding carboxylic acids is 1. The molecule has 1 amide bonds. The van der Waals surface area contributed by atoms with Gasteiger partial charge < -0.3 is 5.32 Å². The number of thioether (sulfide) groups is 1. The van der Waals surface area contributed by atoms with Crippen molar-refractivity contribution in [2.24, 2.45) is 0 Å². The fourth-order valence-corrected chi connectivity index (χ4v) is 4.22. The minimum Gasteiger partial charge on any atom is -0.325 e. The van der Waals surface area contributed by atoms with E-state index >= 15 is 0 Å². The lowest BCUT2D eigenvalue weighted by Gasteiger charge is -2.13. The van der Waals surface area contributed by atoms with Crippen molar-refractivity contribution in [2.75, 3.05) is 11.1 Å². The number of hydrogen-bond acceptors (Lipinski definition) is 4. The first-order valence-corrected chi connectivity index (χ1v) is 11.2. The van der Waals surface area contributed by atoms with Gasteiger partial charge in [-0.25, -0.2) is 9.37 Å². The minimum atomic E-state index is -0.387. The first-order chi connectivity index (χ1) is 15.4. The number of para-hydroxylation sites is 1. The quantitative estimate of drug-likeness (QED) is 0.309. The van der Waals surface area contributed by atoms with E-state index in [2.05, 4.69) is 10.3 Å². The summed E-state index contributed by atoms with van der Waals surface area (Å²) in [6.45, 7) is 1.92. The number of aryl methyl sites for hydroxylation is 1. The highest BCUT2D eigenvalue weighted by Gasteiger charge is 2.14. The Hall–Kier alpha value is -3.16. The number of nitrogens with one attached hydrogen (secondary N) is 1. The molecule has 5 nitrogen and oxygen atoms in total. The number of nitrogens with zero attached hydrogens (tertiary/aromatic N) is 2. The Morgan fingerprint density at radius 3 is 2.72 bits per heavy atom. The van der Waals surface area contributed by atoms with Crippen LogP contribution in [0.1, 0.15) is 11.1 Å². The molecule has 0 saturated heterocycles. The van der Waals surface area contributed by atoms with Crippen LogP contribution >= 0.6 is 23.4 Å². The van der Waals surface area contributed by atoms with Crippen molar-refractivity contribution < 1.29 is 9.18 Å². The molecule has 0 unspecified atom stereocenters. The fraction of sp³-hybridized carbons (Fsp3) is 0.125. The fourth-order valence-electron chi connectivity index (χ4n) is 3.21. The van der Waals surface area contributed by atoms with Gasteiger partial charge in [0.1, 0.15) is 5.82 Å². The third kappa shape index (κ3) is 5.00. The maximum Gasteiger partial charge on any atom is 0.262 e. The molecule has 0 aliphatic rings. The Morgan fingerprint density at radius 2 is 1.94 bits per heavy atom. The van der Waals surface area contributed by atoms with Gasteiger partial charge in [0.05, 0.1) is 23.2 Å². The smallest absolute Gasteiger partial charge is 0.262 e. The third-order valence-corrected chi connectivity index (χ3v) is 6.06. The Balaban J connectivity index is 1.61. The molecule has 1 aromatic heterocycles. The number of carbonyl (C=O) groups is 1. The summed E-state index contributed by atoms with van der Waals surface area (Å²) < 4.78 is 15.3. The summed E-state index contributed by atoms with van der Waals surface area (Å²) >= 11 is 7.25. The number of hydrogen-bond donors (Lipinski definition) is 1. The number of amides is 1. The molecule has 32 heavy (non-hydrogen) atoms. The predicted octanol–water partition coefficient (Wildman–Crippen LogP) is 5.28. The van der Waals surface area contributed by atoms with E-state index in [9.17, 15) is 14.0 Å². The van der Waals surface area contributed by atoms with Crippen LogP contribution in [-0.4, -0.2) is 21.2 Å². The number of benzene rings is 3. The zero-order chi connectivity index (χ0) is 22.7. The second-order valence-corrected chi connectivity index (χ2v) is 8.61. The molecule has 1 N–H and O–H groups in total. The molecule has 0 aliphatic carbocycles. The van der Waals surface area contributed by atoms with Crippen LogP contribution in [0.2, 0.25) is 5.02 Å². The highest BCUT2D eigenvalue weighted by atomic mass is 35.5.